The molecule has 2 aromatic carbocycles. The Bertz CT molecular complexity index is 990. The van der Waals surface area contributed by atoms with Crippen molar-refractivity contribution in [3.05, 3.63) is 64.2 Å². The van der Waals surface area contributed by atoms with E-state index in [4.69, 9.17) is 0 Å². The van der Waals surface area contributed by atoms with E-state index in [0.717, 1.165) is 12.8 Å². The van der Waals surface area contributed by atoms with Crippen molar-refractivity contribution in [3.8, 4) is 0 Å². The molecule has 1 aliphatic rings. The fraction of sp³-hybridized carbons (Fsp3) is 0.318. The molecule has 3 amide bonds. The minimum atomic E-state index is -0.534. The van der Waals surface area contributed by atoms with E-state index in [1.807, 2.05) is 0 Å². The minimum Gasteiger partial charge on any atom is -0.342 e. The Balaban J connectivity index is 1.57. The maximum Gasteiger partial charge on any atom is 0.271 e. The summed E-state index contributed by atoms with van der Waals surface area (Å²) in [6, 6.07) is 12.0. The Kier molecular flexibility index (Phi) is 6.96. The van der Waals surface area contributed by atoms with E-state index in [2.05, 4.69) is 17.6 Å². The average Bonchev–Trinajstić information content (AvgIpc) is 3.13. The molecule has 0 radical (unpaired) electrons. The van der Waals surface area contributed by atoms with Gasteiger partial charge < -0.3 is 15.5 Å². The van der Waals surface area contributed by atoms with Crippen molar-refractivity contribution in [1.82, 2.24) is 4.90 Å². The number of hydrogen-bond acceptors (Lipinski definition) is 5. The summed E-state index contributed by atoms with van der Waals surface area (Å²) >= 11 is 0. The van der Waals surface area contributed by atoms with Crippen molar-refractivity contribution in [2.75, 3.05) is 23.7 Å². The highest BCUT2D eigenvalue weighted by molar-refractivity contribution is 6.05. The first-order valence-corrected chi connectivity index (χ1v) is 10.1. The standard InChI is InChI=1S/C22H24N4O5/c1-2-3-11-25-14-16(12-20(25)27)22(29)23-17-9-7-15(8-10-17)21(28)24-18-5-4-6-19(13-18)26(30)31/h4-10,13,16H,2-3,11-12,14H2,1H3,(H,23,29)(H,24,28). The molecular formula is C22H24N4O5. The molecule has 9 nitrogen and oxygen atoms in total. The van der Waals surface area contributed by atoms with Gasteiger partial charge in [-0.3, -0.25) is 24.5 Å². The molecule has 2 aromatic rings. The van der Waals surface area contributed by atoms with Gasteiger partial charge in [-0.2, -0.15) is 0 Å². The molecule has 0 aromatic heterocycles. The number of likely N-dealkylation sites (tertiary alicyclic amines) is 1. The number of amides is 3. The summed E-state index contributed by atoms with van der Waals surface area (Å²) in [6.45, 7) is 3.15. The van der Waals surface area contributed by atoms with E-state index in [1.165, 1.54) is 18.2 Å². The van der Waals surface area contributed by atoms with E-state index in [0.29, 0.717) is 30.0 Å². The van der Waals surface area contributed by atoms with Gasteiger partial charge in [0.2, 0.25) is 11.8 Å². The van der Waals surface area contributed by atoms with E-state index < -0.39 is 10.8 Å². The van der Waals surface area contributed by atoms with Crippen molar-refractivity contribution in [1.29, 1.82) is 0 Å². The Morgan fingerprint density at radius 1 is 1.13 bits per heavy atom. The second-order valence-electron chi connectivity index (χ2n) is 7.42. The molecule has 162 valence electrons. The first-order chi connectivity index (χ1) is 14.9. The number of nitro benzene ring substituents is 1. The van der Waals surface area contributed by atoms with Crippen LogP contribution in [0.15, 0.2) is 48.5 Å². The molecule has 0 spiro atoms. The lowest BCUT2D eigenvalue weighted by Gasteiger charge is -2.16. The molecule has 9 heteroatoms. The zero-order chi connectivity index (χ0) is 22.4. The Hall–Kier alpha value is -3.75. The predicted octanol–water partition coefficient (Wildman–Crippen LogP) is 3.43. The van der Waals surface area contributed by atoms with Gasteiger partial charge in [-0.15, -0.1) is 0 Å². The van der Waals surface area contributed by atoms with Crippen LogP contribution >= 0.6 is 0 Å². The number of nitrogens with one attached hydrogen (secondary N) is 2. The van der Waals surface area contributed by atoms with Crippen LogP contribution in [0.5, 0.6) is 0 Å². The number of hydrogen-bond donors (Lipinski definition) is 2. The highest BCUT2D eigenvalue weighted by Gasteiger charge is 2.33. The number of benzene rings is 2. The smallest absolute Gasteiger partial charge is 0.271 e. The largest absolute Gasteiger partial charge is 0.342 e. The second-order valence-corrected chi connectivity index (χ2v) is 7.42. The summed E-state index contributed by atoms with van der Waals surface area (Å²) < 4.78 is 0. The molecule has 1 atom stereocenters. The highest BCUT2D eigenvalue weighted by Crippen LogP contribution is 2.21. The molecule has 1 unspecified atom stereocenters. The fourth-order valence-corrected chi connectivity index (χ4v) is 3.36. The third-order valence-corrected chi connectivity index (χ3v) is 5.10. The molecule has 1 aliphatic heterocycles. The number of carbonyl (C=O) groups is 3. The Morgan fingerprint density at radius 2 is 1.87 bits per heavy atom. The number of rotatable bonds is 8. The van der Waals surface area contributed by atoms with Gasteiger partial charge >= 0.3 is 0 Å². The molecule has 3 rings (SSSR count). The molecule has 1 heterocycles. The van der Waals surface area contributed by atoms with Crippen LogP contribution in [0.4, 0.5) is 17.1 Å². The van der Waals surface area contributed by atoms with Gasteiger partial charge in [0.15, 0.2) is 0 Å². The van der Waals surface area contributed by atoms with E-state index >= 15 is 0 Å². The SMILES string of the molecule is CCCCN1CC(C(=O)Nc2ccc(C(=O)Nc3cccc([N+](=O)[O-])c3)cc2)CC1=O. The first-order valence-electron chi connectivity index (χ1n) is 10.1. The van der Waals surface area contributed by atoms with Crippen LogP contribution in [-0.2, 0) is 9.59 Å². The van der Waals surface area contributed by atoms with Crippen molar-refractivity contribution >= 4 is 34.8 Å². The van der Waals surface area contributed by atoms with Crippen LogP contribution in [0.3, 0.4) is 0 Å². The summed E-state index contributed by atoms with van der Waals surface area (Å²) in [7, 11) is 0. The zero-order valence-electron chi connectivity index (χ0n) is 17.2. The third kappa shape index (κ3) is 5.65. The fourth-order valence-electron chi connectivity index (χ4n) is 3.36. The van der Waals surface area contributed by atoms with Gasteiger partial charge in [-0.25, -0.2) is 0 Å². The molecule has 0 aliphatic carbocycles. The van der Waals surface area contributed by atoms with Gasteiger partial charge in [0, 0.05) is 48.6 Å². The van der Waals surface area contributed by atoms with Crippen LogP contribution in [0.25, 0.3) is 0 Å². The maximum atomic E-state index is 12.5. The summed E-state index contributed by atoms with van der Waals surface area (Å²) in [5.41, 5.74) is 1.06. The first kappa shape index (κ1) is 21.9. The topological polar surface area (TPSA) is 122 Å². The lowest BCUT2D eigenvalue weighted by atomic mass is 10.1. The Morgan fingerprint density at radius 3 is 2.55 bits per heavy atom. The lowest BCUT2D eigenvalue weighted by molar-refractivity contribution is -0.384. The van der Waals surface area contributed by atoms with Crippen LogP contribution in [0.1, 0.15) is 36.5 Å². The number of unbranched alkanes of at least 4 members (excludes halogenated alkanes) is 1. The van der Waals surface area contributed by atoms with Crippen LogP contribution in [0.2, 0.25) is 0 Å². The highest BCUT2D eigenvalue weighted by atomic mass is 16.6. The maximum absolute atomic E-state index is 12.5. The molecule has 1 fully saturated rings. The molecular weight excluding hydrogens is 400 g/mol. The van der Waals surface area contributed by atoms with Gasteiger partial charge in [-0.05, 0) is 36.8 Å². The minimum absolute atomic E-state index is 0.00164. The number of anilines is 2. The van der Waals surface area contributed by atoms with Gasteiger partial charge in [0.25, 0.3) is 11.6 Å². The molecule has 0 saturated carbocycles. The van der Waals surface area contributed by atoms with Gasteiger partial charge in [0.1, 0.15) is 0 Å². The van der Waals surface area contributed by atoms with Crippen molar-refractivity contribution in [3.63, 3.8) is 0 Å². The van der Waals surface area contributed by atoms with Crippen molar-refractivity contribution in [2.24, 2.45) is 5.92 Å². The van der Waals surface area contributed by atoms with Crippen LogP contribution in [0, 0.1) is 16.0 Å². The molecule has 0 bridgehead atoms. The van der Waals surface area contributed by atoms with Gasteiger partial charge in [-0.1, -0.05) is 19.4 Å². The summed E-state index contributed by atoms with van der Waals surface area (Å²) in [6.07, 6.45) is 2.11. The van der Waals surface area contributed by atoms with Crippen molar-refractivity contribution < 1.29 is 19.3 Å². The van der Waals surface area contributed by atoms with E-state index in [1.54, 1.807) is 35.2 Å². The van der Waals surface area contributed by atoms with Gasteiger partial charge in [0.05, 0.1) is 10.8 Å². The summed E-state index contributed by atoms with van der Waals surface area (Å²) in [4.78, 5) is 49.0. The number of nitrogens with zero attached hydrogens (tertiary/aromatic N) is 2. The second kappa shape index (κ2) is 9.84. The number of non-ortho nitro benzene ring substituents is 1. The molecule has 2 N–H and O–H groups in total. The average molecular weight is 424 g/mol. The Labute approximate surface area is 179 Å². The molecule has 1 saturated heterocycles. The predicted molar refractivity (Wildman–Crippen MR) is 116 cm³/mol. The lowest BCUT2D eigenvalue weighted by Crippen LogP contribution is -2.29. The number of carbonyl (C=O) groups excluding carboxylic acids is 3. The van der Waals surface area contributed by atoms with Crippen molar-refractivity contribution in [2.45, 2.75) is 26.2 Å². The van der Waals surface area contributed by atoms with Crippen LogP contribution in [-0.4, -0.2) is 40.6 Å². The number of nitro groups is 1. The third-order valence-electron chi connectivity index (χ3n) is 5.10. The summed E-state index contributed by atoms with van der Waals surface area (Å²) in [5, 5.41) is 16.3. The van der Waals surface area contributed by atoms with Crippen LogP contribution < -0.4 is 10.6 Å². The normalized spacial score (nSPS) is 15.6. The quantitative estimate of drug-likeness (QED) is 0.497. The van der Waals surface area contributed by atoms with E-state index in [-0.39, 0.29) is 29.8 Å². The molecule has 31 heavy (non-hydrogen) atoms. The monoisotopic (exact) mass is 424 g/mol. The zero-order valence-corrected chi connectivity index (χ0v) is 17.2. The summed E-state index contributed by atoms with van der Waals surface area (Å²) in [5.74, 6) is -1.03. The van der Waals surface area contributed by atoms with E-state index in [9.17, 15) is 24.5 Å².